The SMILES string of the molecule is COc1cc(Br)cc(OCc2cnnn2C)c1. The summed E-state index contributed by atoms with van der Waals surface area (Å²) in [6.45, 7) is 0.420. The third-order valence-corrected chi connectivity index (χ3v) is 2.73. The third kappa shape index (κ3) is 2.97. The van der Waals surface area contributed by atoms with Gasteiger partial charge in [0.15, 0.2) is 0 Å². The van der Waals surface area contributed by atoms with Crippen molar-refractivity contribution in [3.05, 3.63) is 34.6 Å². The first-order chi connectivity index (χ1) is 8.19. The standard InChI is InChI=1S/C11H12BrN3O2/c1-15-9(6-13-14-15)7-17-11-4-8(12)3-10(5-11)16-2/h3-6H,7H2,1-2H3. The largest absolute Gasteiger partial charge is 0.497 e. The van der Waals surface area contributed by atoms with Crippen LogP contribution in [0, 0.1) is 0 Å². The molecule has 0 unspecified atom stereocenters. The lowest BCUT2D eigenvalue weighted by Crippen LogP contribution is -2.03. The van der Waals surface area contributed by atoms with Gasteiger partial charge < -0.3 is 9.47 Å². The lowest BCUT2D eigenvalue weighted by molar-refractivity contribution is 0.292. The van der Waals surface area contributed by atoms with Crippen molar-refractivity contribution in [2.45, 2.75) is 6.61 Å². The van der Waals surface area contributed by atoms with E-state index in [1.54, 1.807) is 18.0 Å². The molecule has 5 nitrogen and oxygen atoms in total. The molecule has 6 heteroatoms. The first kappa shape index (κ1) is 11.9. The van der Waals surface area contributed by atoms with Gasteiger partial charge in [-0.3, -0.25) is 0 Å². The van der Waals surface area contributed by atoms with E-state index in [2.05, 4.69) is 26.2 Å². The minimum absolute atomic E-state index is 0.420. The Morgan fingerprint density at radius 1 is 1.29 bits per heavy atom. The van der Waals surface area contributed by atoms with Crippen LogP contribution in [-0.4, -0.2) is 22.1 Å². The fourth-order valence-corrected chi connectivity index (χ4v) is 1.79. The summed E-state index contributed by atoms with van der Waals surface area (Å²) in [5.41, 5.74) is 0.906. The Bertz CT molecular complexity index is 513. The summed E-state index contributed by atoms with van der Waals surface area (Å²) in [7, 11) is 3.45. The lowest BCUT2D eigenvalue weighted by Gasteiger charge is -2.08. The molecule has 0 aliphatic heterocycles. The van der Waals surface area contributed by atoms with Crippen LogP contribution in [0.25, 0.3) is 0 Å². The molecule has 1 aromatic carbocycles. The summed E-state index contributed by atoms with van der Waals surface area (Å²) in [5.74, 6) is 1.48. The highest BCUT2D eigenvalue weighted by Gasteiger charge is 2.04. The maximum absolute atomic E-state index is 5.64. The van der Waals surface area contributed by atoms with Gasteiger partial charge in [-0.15, -0.1) is 5.10 Å². The van der Waals surface area contributed by atoms with Gasteiger partial charge in [-0.05, 0) is 12.1 Å². The molecular weight excluding hydrogens is 286 g/mol. The number of aryl methyl sites for hydroxylation is 1. The second-order valence-corrected chi connectivity index (χ2v) is 4.38. The Kier molecular flexibility index (Phi) is 3.63. The van der Waals surface area contributed by atoms with E-state index in [-0.39, 0.29) is 0 Å². The van der Waals surface area contributed by atoms with Crippen molar-refractivity contribution in [3.63, 3.8) is 0 Å². The average molecular weight is 298 g/mol. The van der Waals surface area contributed by atoms with Gasteiger partial charge in [0.1, 0.15) is 18.1 Å². The van der Waals surface area contributed by atoms with Crippen molar-refractivity contribution >= 4 is 15.9 Å². The van der Waals surface area contributed by atoms with Gasteiger partial charge in [-0.2, -0.15) is 0 Å². The zero-order chi connectivity index (χ0) is 12.3. The number of methoxy groups -OCH3 is 1. The summed E-state index contributed by atoms with van der Waals surface area (Å²) >= 11 is 3.40. The normalized spacial score (nSPS) is 10.3. The first-order valence-electron chi connectivity index (χ1n) is 5.00. The third-order valence-electron chi connectivity index (χ3n) is 2.28. The monoisotopic (exact) mass is 297 g/mol. The molecule has 0 aliphatic carbocycles. The molecule has 0 spiro atoms. The molecule has 0 N–H and O–H groups in total. The molecule has 1 heterocycles. The first-order valence-corrected chi connectivity index (χ1v) is 5.79. The minimum Gasteiger partial charge on any atom is -0.497 e. The molecule has 17 heavy (non-hydrogen) atoms. The number of hydrogen-bond acceptors (Lipinski definition) is 4. The van der Waals surface area contributed by atoms with Crippen LogP contribution in [0.5, 0.6) is 11.5 Å². The topological polar surface area (TPSA) is 49.2 Å². The van der Waals surface area contributed by atoms with Crippen LogP contribution in [-0.2, 0) is 13.7 Å². The zero-order valence-electron chi connectivity index (χ0n) is 9.55. The van der Waals surface area contributed by atoms with Crippen LogP contribution in [0.2, 0.25) is 0 Å². The van der Waals surface area contributed by atoms with Crippen LogP contribution >= 0.6 is 15.9 Å². The predicted octanol–water partition coefficient (Wildman–Crippen LogP) is 2.17. The van der Waals surface area contributed by atoms with Crippen molar-refractivity contribution in [2.75, 3.05) is 7.11 Å². The summed E-state index contributed by atoms with van der Waals surface area (Å²) in [6, 6.07) is 5.58. The fourth-order valence-electron chi connectivity index (χ4n) is 1.34. The van der Waals surface area contributed by atoms with Crippen LogP contribution < -0.4 is 9.47 Å². The van der Waals surface area contributed by atoms with Crippen LogP contribution in [0.3, 0.4) is 0 Å². The Balaban J connectivity index is 2.09. The van der Waals surface area contributed by atoms with E-state index in [9.17, 15) is 0 Å². The summed E-state index contributed by atoms with van der Waals surface area (Å²) in [5, 5.41) is 7.62. The highest BCUT2D eigenvalue weighted by molar-refractivity contribution is 9.10. The molecule has 90 valence electrons. The summed E-state index contributed by atoms with van der Waals surface area (Å²) in [6.07, 6.45) is 1.68. The van der Waals surface area contributed by atoms with Crippen molar-refractivity contribution in [1.29, 1.82) is 0 Å². The van der Waals surface area contributed by atoms with Crippen LogP contribution in [0.4, 0.5) is 0 Å². The van der Waals surface area contributed by atoms with Gasteiger partial charge in [0.05, 0.1) is 19.0 Å². The maximum Gasteiger partial charge on any atom is 0.132 e. The summed E-state index contributed by atoms with van der Waals surface area (Å²) < 4.78 is 13.4. The highest BCUT2D eigenvalue weighted by atomic mass is 79.9. The van der Waals surface area contributed by atoms with E-state index in [4.69, 9.17) is 9.47 Å². The van der Waals surface area contributed by atoms with E-state index < -0.39 is 0 Å². The van der Waals surface area contributed by atoms with Crippen LogP contribution in [0.1, 0.15) is 5.69 Å². The summed E-state index contributed by atoms with van der Waals surface area (Å²) in [4.78, 5) is 0. The van der Waals surface area contributed by atoms with Crippen molar-refractivity contribution < 1.29 is 9.47 Å². The molecular formula is C11H12BrN3O2. The minimum atomic E-state index is 0.420. The molecule has 0 atom stereocenters. The predicted molar refractivity (Wildman–Crippen MR) is 66.0 cm³/mol. The number of hydrogen-bond donors (Lipinski definition) is 0. The second-order valence-electron chi connectivity index (χ2n) is 3.46. The molecule has 0 saturated heterocycles. The van der Waals surface area contributed by atoms with Gasteiger partial charge >= 0.3 is 0 Å². The quantitative estimate of drug-likeness (QED) is 0.868. The van der Waals surface area contributed by atoms with Gasteiger partial charge in [0, 0.05) is 17.6 Å². The number of nitrogens with zero attached hydrogens (tertiary/aromatic N) is 3. The van der Waals surface area contributed by atoms with Crippen molar-refractivity contribution in [2.24, 2.45) is 7.05 Å². The molecule has 1 aromatic heterocycles. The van der Waals surface area contributed by atoms with Gasteiger partial charge in [-0.1, -0.05) is 21.1 Å². The molecule has 0 aliphatic rings. The van der Waals surface area contributed by atoms with Crippen molar-refractivity contribution in [3.8, 4) is 11.5 Å². The van der Waals surface area contributed by atoms with Gasteiger partial charge in [0.2, 0.25) is 0 Å². The second kappa shape index (κ2) is 5.18. The molecule has 0 saturated carbocycles. The number of aromatic nitrogens is 3. The van der Waals surface area contributed by atoms with Gasteiger partial charge in [0.25, 0.3) is 0 Å². The molecule has 2 rings (SSSR count). The van der Waals surface area contributed by atoms with Crippen molar-refractivity contribution in [1.82, 2.24) is 15.0 Å². The number of benzene rings is 1. The maximum atomic E-state index is 5.64. The molecule has 2 aromatic rings. The van der Waals surface area contributed by atoms with Crippen LogP contribution in [0.15, 0.2) is 28.9 Å². The van der Waals surface area contributed by atoms with Gasteiger partial charge in [-0.25, -0.2) is 4.68 Å². The van der Waals surface area contributed by atoms with E-state index >= 15 is 0 Å². The molecule has 0 bridgehead atoms. The molecule has 0 radical (unpaired) electrons. The lowest BCUT2D eigenvalue weighted by atomic mass is 10.3. The number of ether oxygens (including phenoxy) is 2. The average Bonchev–Trinajstić information content (AvgIpc) is 2.71. The highest BCUT2D eigenvalue weighted by Crippen LogP contribution is 2.26. The smallest absolute Gasteiger partial charge is 0.132 e. The Morgan fingerprint density at radius 3 is 2.71 bits per heavy atom. The van der Waals surface area contributed by atoms with E-state index in [1.807, 2.05) is 25.2 Å². The van der Waals surface area contributed by atoms with E-state index in [0.717, 1.165) is 21.7 Å². The molecule has 0 fully saturated rings. The fraction of sp³-hybridized carbons (Fsp3) is 0.273. The zero-order valence-corrected chi connectivity index (χ0v) is 11.1. The van der Waals surface area contributed by atoms with E-state index in [1.165, 1.54) is 0 Å². The number of halogens is 1. The Labute approximate surface area is 107 Å². The van der Waals surface area contributed by atoms with E-state index in [0.29, 0.717) is 6.61 Å². The molecule has 0 amide bonds. The Morgan fingerprint density at radius 2 is 2.06 bits per heavy atom. The number of rotatable bonds is 4. The Hall–Kier alpha value is -1.56.